The predicted molar refractivity (Wildman–Crippen MR) is 72.4 cm³/mol. The monoisotopic (exact) mass is 310 g/mol. The van der Waals surface area contributed by atoms with Crippen molar-refractivity contribution in [2.45, 2.75) is 26.2 Å². The highest BCUT2D eigenvalue weighted by Crippen LogP contribution is 2.70. The number of fused-ring (bicyclic) bond motifs is 5. The van der Waals surface area contributed by atoms with Crippen LogP contribution in [0.5, 0.6) is 0 Å². The Labute approximate surface area is 114 Å². The summed E-state index contributed by atoms with van der Waals surface area (Å²) >= 11 is 5.17. The van der Waals surface area contributed by atoms with Crippen LogP contribution in [-0.2, 0) is 0 Å². The normalized spacial score (nSPS) is 41.6. The number of Topliss-reactive ketones (excluding diaryl/α,β-unsaturated/α-hetero) is 1. The standard InChI is InChI=1S/C14H15BrOS/c1-6-9(15)5-10(17-6)14(16)13-11-7-2-3-8(4-7)12(11)13/h5,7-8,11-13H,2-4H2,1H3. The number of hydrogen-bond donors (Lipinski definition) is 0. The van der Waals surface area contributed by atoms with Crippen LogP contribution in [0.1, 0.15) is 33.8 Å². The van der Waals surface area contributed by atoms with Gasteiger partial charge < -0.3 is 0 Å². The van der Waals surface area contributed by atoms with E-state index >= 15 is 0 Å². The third-order valence-corrected chi connectivity index (χ3v) is 7.29. The van der Waals surface area contributed by atoms with Gasteiger partial charge in [-0.15, -0.1) is 11.3 Å². The van der Waals surface area contributed by atoms with Crippen LogP contribution in [0.25, 0.3) is 0 Å². The Morgan fingerprint density at radius 1 is 1.35 bits per heavy atom. The summed E-state index contributed by atoms with van der Waals surface area (Å²) in [7, 11) is 0. The van der Waals surface area contributed by atoms with Gasteiger partial charge in [0.15, 0.2) is 5.78 Å². The molecule has 4 atom stereocenters. The van der Waals surface area contributed by atoms with Crippen LogP contribution in [0.3, 0.4) is 0 Å². The lowest BCUT2D eigenvalue weighted by Crippen LogP contribution is -2.08. The molecule has 3 aliphatic carbocycles. The maximum absolute atomic E-state index is 12.5. The molecule has 3 heteroatoms. The molecule has 1 heterocycles. The molecule has 0 radical (unpaired) electrons. The van der Waals surface area contributed by atoms with Gasteiger partial charge in [-0.05, 0) is 71.9 Å². The summed E-state index contributed by atoms with van der Waals surface area (Å²) in [5, 5.41) is 0. The van der Waals surface area contributed by atoms with Gasteiger partial charge in [0.2, 0.25) is 0 Å². The minimum absolute atomic E-state index is 0.395. The molecule has 0 saturated heterocycles. The summed E-state index contributed by atoms with van der Waals surface area (Å²) in [6.07, 6.45) is 4.21. The quantitative estimate of drug-likeness (QED) is 0.745. The second kappa shape index (κ2) is 3.45. The Morgan fingerprint density at radius 3 is 2.53 bits per heavy atom. The summed E-state index contributed by atoms with van der Waals surface area (Å²) in [4.78, 5) is 14.7. The van der Waals surface area contributed by atoms with Crippen molar-refractivity contribution in [1.29, 1.82) is 0 Å². The van der Waals surface area contributed by atoms with Crippen LogP contribution < -0.4 is 0 Å². The SMILES string of the molecule is Cc1sc(C(=O)C2C3C4CCC(C4)C23)cc1Br. The molecule has 0 aliphatic heterocycles. The zero-order chi connectivity index (χ0) is 11.7. The first-order chi connectivity index (χ1) is 8.16. The van der Waals surface area contributed by atoms with Gasteiger partial charge in [0.25, 0.3) is 0 Å². The van der Waals surface area contributed by atoms with E-state index in [9.17, 15) is 4.79 Å². The molecular weight excluding hydrogens is 296 g/mol. The highest BCUT2D eigenvalue weighted by molar-refractivity contribution is 9.10. The average Bonchev–Trinajstić information content (AvgIpc) is 2.60. The fourth-order valence-electron chi connectivity index (χ4n) is 4.42. The molecule has 4 unspecified atom stereocenters. The van der Waals surface area contributed by atoms with Crippen LogP contribution >= 0.6 is 27.3 Å². The Morgan fingerprint density at radius 2 is 2.00 bits per heavy atom. The second-order valence-electron chi connectivity index (χ2n) is 5.89. The van der Waals surface area contributed by atoms with E-state index in [4.69, 9.17) is 0 Å². The molecule has 0 aromatic carbocycles. The Kier molecular flexibility index (Phi) is 2.18. The zero-order valence-corrected chi connectivity index (χ0v) is 12.2. The van der Waals surface area contributed by atoms with Gasteiger partial charge in [-0.25, -0.2) is 0 Å². The van der Waals surface area contributed by atoms with Crippen LogP contribution in [0.15, 0.2) is 10.5 Å². The van der Waals surface area contributed by atoms with E-state index in [0.29, 0.717) is 11.7 Å². The van der Waals surface area contributed by atoms with Gasteiger partial charge in [-0.1, -0.05) is 0 Å². The first-order valence-corrected chi connectivity index (χ1v) is 8.08. The second-order valence-corrected chi connectivity index (χ2v) is 8.00. The first-order valence-electron chi connectivity index (χ1n) is 6.47. The molecular formula is C14H15BrOS. The number of rotatable bonds is 2. The van der Waals surface area contributed by atoms with E-state index in [-0.39, 0.29) is 0 Å². The van der Waals surface area contributed by atoms with Gasteiger partial charge in [0.05, 0.1) is 4.88 Å². The maximum Gasteiger partial charge on any atom is 0.176 e. The van der Waals surface area contributed by atoms with Crippen molar-refractivity contribution in [3.05, 3.63) is 20.3 Å². The van der Waals surface area contributed by atoms with Crippen molar-refractivity contribution in [3.8, 4) is 0 Å². The number of ketones is 1. The van der Waals surface area contributed by atoms with Gasteiger partial charge in [0.1, 0.15) is 0 Å². The molecule has 3 saturated carbocycles. The fraction of sp³-hybridized carbons (Fsp3) is 0.643. The number of carbonyl (C=O) groups is 1. The molecule has 4 rings (SSSR count). The van der Waals surface area contributed by atoms with E-state index in [1.807, 2.05) is 6.07 Å². The lowest BCUT2D eigenvalue weighted by Gasteiger charge is -2.06. The summed E-state index contributed by atoms with van der Waals surface area (Å²) in [5.41, 5.74) is 0. The largest absolute Gasteiger partial charge is 0.293 e. The molecule has 0 spiro atoms. The molecule has 1 aromatic rings. The molecule has 3 fully saturated rings. The van der Waals surface area contributed by atoms with Gasteiger partial charge in [-0.2, -0.15) is 0 Å². The van der Waals surface area contributed by atoms with E-state index in [2.05, 4.69) is 22.9 Å². The maximum atomic E-state index is 12.5. The Bertz CT molecular complexity index is 471. The van der Waals surface area contributed by atoms with Crippen molar-refractivity contribution >= 4 is 33.0 Å². The summed E-state index contributed by atoms with van der Waals surface area (Å²) in [6, 6.07) is 2.03. The average molecular weight is 311 g/mol. The van der Waals surface area contributed by atoms with Crippen LogP contribution in [0.2, 0.25) is 0 Å². The van der Waals surface area contributed by atoms with Gasteiger partial charge in [-0.3, -0.25) is 4.79 Å². The molecule has 2 bridgehead atoms. The lowest BCUT2D eigenvalue weighted by atomic mass is 9.99. The highest BCUT2D eigenvalue weighted by Gasteiger charge is 2.67. The Balaban J connectivity index is 1.60. The fourth-order valence-corrected chi connectivity index (χ4v) is 5.94. The molecule has 0 N–H and O–H groups in total. The van der Waals surface area contributed by atoms with E-state index in [1.54, 1.807) is 11.3 Å². The van der Waals surface area contributed by atoms with Crippen molar-refractivity contribution in [3.63, 3.8) is 0 Å². The van der Waals surface area contributed by atoms with Crippen LogP contribution in [0.4, 0.5) is 0 Å². The Hall–Kier alpha value is -0.150. The molecule has 17 heavy (non-hydrogen) atoms. The third kappa shape index (κ3) is 1.39. The summed E-state index contributed by atoms with van der Waals surface area (Å²) < 4.78 is 1.10. The minimum Gasteiger partial charge on any atom is -0.293 e. The first kappa shape index (κ1) is 10.7. The number of hydrogen-bond acceptors (Lipinski definition) is 2. The van der Waals surface area contributed by atoms with Crippen LogP contribution in [-0.4, -0.2) is 5.78 Å². The zero-order valence-electron chi connectivity index (χ0n) is 9.78. The third-order valence-electron chi connectivity index (χ3n) is 5.14. The molecule has 90 valence electrons. The van der Waals surface area contributed by atoms with Gasteiger partial charge in [0, 0.05) is 15.3 Å². The topological polar surface area (TPSA) is 17.1 Å². The smallest absolute Gasteiger partial charge is 0.176 e. The molecule has 3 aliphatic rings. The molecule has 1 nitrogen and oxygen atoms in total. The van der Waals surface area contributed by atoms with E-state index in [1.165, 1.54) is 24.1 Å². The van der Waals surface area contributed by atoms with Crippen molar-refractivity contribution in [2.24, 2.45) is 29.6 Å². The molecule has 0 amide bonds. The molecule has 1 aromatic heterocycles. The summed E-state index contributed by atoms with van der Waals surface area (Å²) in [5.74, 6) is 4.15. The van der Waals surface area contributed by atoms with Crippen molar-refractivity contribution in [1.82, 2.24) is 0 Å². The van der Waals surface area contributed by atoms with Crippen molar-refractivity contribution in [2.75, 3.05) is 0 Å². The number of carbonyl (C=O) groups excluding carboxylic acids is 1. The number of halogens is 1. The predicted octanol–water partition coefficient (Wildman–Crippen LogP) is 4.29. The van der Waals surface area contributed by atoms with Crippen LogP contribution in [0, 0.1) is 36.5 Å². The van der Waals surface area contributed by atoms with E-state index in [0.717, 1.165) is 33.0 Å². The van der Waals surface area contributed by atoms with Gasteiger partial charge >= 0.3 is 0 Å². The highest BCUT2D eigenvalue weighted by atomic mass is 79.9. The summed E-state index contributed by atoms with van der Waals surface area (Å²) in [6.45, 7) is 2.07. The number of aryl methyl sites for hydroxylation is 1. The van der Waals surface area contributed by atoms with Crippen molar-refractivity contribution < 1.29 is 4.79 Å². The number of thiophene rings is 1. The lowest BCUT2D eigenvalue weighted by molar-refractivity contribution is 0.0948. The van der Waals surface area contributed by atoms with E-state index < -0.39 is 0 Å². The minimum atomic E-state index is 0.395.